The van der Waals surface area contributed by atoms with Gasteiger partial charge in [-0.25, -0.2) is 19.4 Å². The highest BCUT2D eigenvalue weighted by atomic mass is 16.5. The van der Waals surface area contributed by atoms with Gasteiger partial charge in [0, 0.05) is 25.1 Å². The molecule has 0 bridgehead atoms. The smallest absolute Gasteiger partial charge is 0.321 e. The van der Waals surface area contributed by atoms with Crippen molar-refractivity contribution >= 4 is 23.4 Å². The molecule has 2 N–H and O–H groups in total. The van der Waals surface area contributed by atoms with Crippen molar-refractivity contribution in [3.05, 3.63) is 42.8 Å². The third-order valence-corrected chi connectivity index (χ3v) is 4.68. The predicted molar refractivity (Wildman–Crippen MR) is 102 cm³/mol. The highest BCUT2D eigenvalue weighted by molar-refractivity contribution is 5.92. The van der Waals surface area contributed by atoms with Gasteiger partial charge >= 0.3 is 6.03 Å². The van der Waals surface area contributed by atoms with Crippen LogP contribution in [-0.2, 0) is 4.79 Å². The molecule has 0 atom stereocenters. The maximum Gasteiger partial charge on any atom is 0.321 e. The summed E-state index contributed by atoms with van der Waals surface area (Å²) in [6.45, 7) is 2.75. The van der Waals surface area contributed by atoms with Gasteiger partial charge in [-0.05, 0) is 31.9 Å². The van der Waals surface area contributed by atoms with Crippen LogP contribution in [0.5, 0.6) is 0 Å². The van der Waals surface area contributed by atoms with E-state index in [1.165, 1.54) is 11.0 Å². The zero-order valence-corrected chi connectivity index (χ0v) is 15.8. The quantitative estimate of drug-likeness (QED) is 0.688. The summed E-state index contributed by atoms with van der Waals surface area (Å²) in [6.07, 6.45) is 5.70. The van der Waals surface area contributed by atoms with Crippen molar-refractivity contribution in [2.24, 2.45) is 5.92 Å². The molecular weight excluding hydrogens is 376 g/mol. The van der Waals surface area contributed by atoms with Crippen LogP contribution in [0.3, 0.4) is 0 Å². The first-order chi connectivity index (χ1) is 14.1. The van der Waals surface area contributed by atoms with Gasteiger partial charge in [0.2, 0.25) is 5.91 Å². The molecule has 3 aromatic rings. The van der Waals surface area contributed by atoms with Crippen molar-refractivity contribution in [2.45, 2.75) is 19.8 Å². The number of rotatable bonds is 4. The molecule has 0 aromatic carbocycles. The molecule has 11 heteroatoms. The van der Waals surface area contributed by atoms with Crippen LogP contribution in [0.2, 0.25) is 0 Å². The van der Waals surface area contributed by atoms with Gasteiger partial charge in [0.1, 0.15) is 18.4 Å². The van der Waals surface area contributed by atoms with Crippen LogP contribution in [0.15, 0.2) is 41.6 Å². The topological polar surface area (TPSA) is 131 Å². The Morgan fingerprint density at radius 3 is 2.66 bits per heavy atom. The van der Waals surface area contributed by atoms with Gasteiger partial charge in [0.05, 0.1) is 11.9 Å². The molecule has 0 aliphatic carbocycles. The van der Waals surface area contributed by atoms with E-state index in [-0.39, 0.29) is 17.9 Å². The number of nitrogens with one attached hydrogen (secondary N) is 2. The number of amides is 3. The number of nitrogens with zero attached hydrogens (tertiary/aromatic N) is 6. The number of carbonyl (C=O) groups is 2. The van der Waals surface area contributed by atoms with Crippen LogP contribution in [0.4, 0.5) is 16.3 Å². The van der Waals surface area contributed by atoms with Crippen LogP contribution >= 0.6 is 0 Å². The molecule has 4 rings (SSSR count). The van der Waals surface area contributed by atoms with Crippen molar-refractivity contribution in [1.82, 2.24) is 29.8 Å². The highest BCUT2D eigenvalue weighted by Gasteiger charge is 2.28. The summed E-state index contributed by atoms with van der Waals surface area (Å²) in [5.74, 6) is 1.38. The Balaban J connectivity index is 1.27. The lowest BCUT2D eigenvalue weighted by molar-refractivity contribution is -0.121. The van der Waals surface area contributed by atoms with Gasteiger partial charge in [-0.15, -0.1) is 0 Å². The second-order valence-corrected chi connectivity index (χ2v) is 6.75. The van der Waals surface area contributed by atoms with Crippen LogP contribution in [0, 0.1) is 12.8 Å². The van der Waals surface area contributed by atoms with Crippen LogP contribution in [0.25, 0.3) is 5.82 Å². The van der Waals surface area contributed by atoms with E-state index in [0.717, 1.165) is 0 Å². The Morgan fingerprint density at radius 1 is 1.21 bits per heavy atom. The number of aromatic nitrogens is 5. The summed E-state index contributed by atoms with van der Waals surface area (Å²) in [7, 11) is 0. The van der Waals surface area contributed by atoms with Crippen molar-refractivity contribution in [1.29, 1.82) is 0 Å². The maximum atomic E-state index is 12.5. The maximum absolute atomic E-state index is 12.5. The van der Waals surface area contributed by atoms with Gasteiger partial charge in [0.15, 0.2) is 11.6 Å². The summed E-state index contributed by atoms with van der Waals surface area (Å²) in [5.41, 5.74) is 0.583. The molecule has 150 valence electrons. The fourth-order valence-corrected chi connectivity index (χ4v) is 3.12. The highest BCUT2D eigenvalue weighted by Crippen LogP contribution is 2.20. The molecule has 29 heavy (non-hydrogen) atoms. The minimum absolute atomic E-state index is 0.105. The minimum Gasteiger partial charge on any atom is -0.360 e. The molecule has 4 heterocycles. The number of pyridine rings is 1. The van der Waals surface area contributed by atoms with Crippen LogP contribution < -0.4 is 10.6 Å². The molecule has 0 spiro atoms. The Labute approximate surface area is 166 Å². The second-order valence-electron chi connectivity index (χ2n) is 6.75. The first kappa shape index (κ1) is 18.6. The third kappa shape index (κ3) is 4.39. The van der Waals surface area contributed by atoms with E-state index in [1.54, 1.807) is 42.5 Å². The normalized spacial score (nSPS) is 14.6. The van der Waals surface area contributed by atoms with E-state index in [4.69, 9.17) is 4.52 Å². The summed E-state index contributed by atoms with van der Waals surface area (Å²) in [6, 6.07) is 4.95. The van der Waals surface area contributed by atoms with Crippen molar-refractivity contribution in [3.63, 3.8) is 0 Å². The minimum atomic E-state index is -0.216. The van der Waals surface area contributed by atoms with Crippen molar-refractivity contribution in [2.75, 3.05) is 23.7 Å². The molecule has 1 aliphatic heterocycles. The lowest BCUT2D eigenvalue weighted by atomic mass is 9.96. The molecule has 0 saturated carbocycles. The van der Waals surface area contributed by atoms with E-state index in [9.17, 15) is 9.59 Å². The number of carbonyl (C=O) groups excluding carboxylic acids is 2. The van der Waals surface area contributed by atoms with Gasteiger partial charge < -0.3 is 20.1 Å². The van der Waals surface area contributed by atoms with Gasteiger partial charge in [-0.3, -0.25) is 4.79 Å². The van der Waals surface area contributed by atoms with E-state index < -0.39 is 0 Å². The number of hydrogen-bond donors (Lipinski definition) is 2. The van der Waals surface area contributed by atoms with Gasteiger partial charge in [-0.1, -0.05) is 5.16 Å². The number of hydrogen-bond acceptors (Lipinski definition) is 7. The zero-order valence-electron chi connectivity index (χ0n) is 15.8. The SMILES string of the molecule is Cc1cc(NC(=O)C2CCN(C(=O)Nc3ccc(-n4cncn4)nc3)CC2)no1. The molecule has 0 radical (unpaired) electrons. The standard InChI is InChI=1S/C18H20N8O3/c1-12-8-15(24-29-12)23-17(27)13-4-6-25(7-5-13)18(28)22-14-2-3-16(20-9-14)26-11-19-10-21-26/h2-3,8-11,13H,4-7H2,1H3,(H,22,28)(H,23,24,27). The molecule has 1 fully saturated rings. The number of urea groups is 1. The predicted octanol–water partition coefficient (Wildman–Crippen LogP) is 1.84. The van der Waals surface area contributed by atoms with E-state index >= 15 is 0 Å². The number of aryl methyl sites for hydroxylation is 1. The number of anilines is 2. The van der Waals surface area contributed by atoms with Crippen LogP contribution in [-0.4, -0.2) is 54.8 Å². The molecular formula is C18H20N8O3. The lowest BCUT2D eigenvalue weighted by Gasteiger charge is -2.31. The third-order valence-electron chi connectivity index (χ3n) is 4.68. The summed E-state index contributed by atoms with van der Waals surface area (Å²) in [5, 5.41) is 13.3. The first-order valence-corrected chi connectivity index (χ1v) is 9.19. The number of piperidine rings is 1. The van der Waals surface area contributed by atoms with E-state index in [2.05, 4.69) is 30.9 Å². The molecule has 1 aliphatic rings. The largest absolute Gasteiger partial charge is 0.360 e. The second kappa shape index (κ2) is 8.09. The molecule has 0 unspecified atom stereocenters. The van der Waals surface area contributed by atoms with Crippen LogP contribution in [0.1, 0.15) is 18.6 Å². The molecule has 3 aromatic heterocycles. The average Bonchev–Trinajstić information content (AvgIpc) is 3.41. The number of likely N-dealkylation sites (tertiary alicyclic amines) is 1. The van der Waals surface area contributed by atoms with E-state index in [1.807, 2.05) is 0 Å². The summed E-state index contributed by atoms with van der Waals surface area (Å²) in [4.78, 5) is 34.6. The Kier molecular flexibility index (Phi) is 5.18. The lowest BCUT2D eigenvalue weighted by Crippen LogP contribution is -2.43. The van der Waals surface area contributed by atoms with Crippen molar-refractivity contribution in [3.8, 4) is 5.82 Å². The molecule has 1 saturated heterocycles. The molecule has 11 nitrogen and oxygen atoms in total. The van der Waals surface area contributed by atoms with E-state index in [0.29, 0.717) is 49.0 Å². The molecule has 3 amide bonds. The van der Waals surface area contributed by atoms with Gasteiger partial charge in [-0.2, -0.15) is 5.10 Å². The Hall–Kier alpha value is -3.76. The fraction of sp³-hybridized carbons (Fsp3) is 0.333. The average molecular weight is 396 g/mol. The van der Waals surface area contributed by atoms with Crippen molar-refractivity contribution < 1.29 is 14.1 Å². The fourth-order valence-electron chi connectivity index (χ4n) is 3.12. The Morgan fingerprint density at radius 2 is 2.03 bits per heavy atom. The Bertz CT molecular complexity index is 975. The summed E-state index contributed by atoms with van der Waals surface area (Å²) < 4.78 is 6.48. The zero-order chi connectivity index (χ0) is 20.2. The monoisotopic (exact) mass is 396 g/mol. The van der Waals surface area contributed by atoms with Gasteiger partial charge in [0.25, 0.3) is 0 Å². The first-order valence-electron chi connectivity index (χ1n) is 9.19. The summed E-state index contributed by atoms with van der Waals surface area (Å²) >= 11 is 0.